The number of hydrogen-bond acceptors (Lipinski definition) is 0. The van der Waals surface area contributed by atoms with Crippen molar-refractivity contribution >= 4 is 23.1 Å². The van der Waals surface area contributed by atoms with Gasteiger partial charge >= 0.3 is 23.1 Å². The summed E-state index contributed by atoms with van der Waals surface area (Å²) in [7, 11) is 0. The fourth-order valence-electron chi connectivity index (χ4n) is 1.65. The van der Waals surface area contributed by atoms with Crippen LogP contribution in [0.1, 0.15) is 25.3 Å². The van der Waals surface area contributed by atoms with Gasteiger partial charge in [0.05, 0.1) is 0 Å². The van der Waals surface area contributed by atoms with Crippen molar-refractivity contribution in [3.05, 3.63) is 60.2 Å². The van der Waals surface area contributed by atoms with Crippen LogP contribution in [0, 0.1) is 6.07 Å². The molecule has 0 radical (unpaired) electrons. The Morgan fingerprint density at radius 3 is 2.29 bits per heavy atom. The Kier molecular flexibility index (Phi) is 7.76. The zero-order valence-corrected chi connectivity index (χ0v) is 13.3. The normalized spacial score (nSPS) is 9.35. The van der Waals surface area contributed by atoms with E-state index in [9.17, 15) is 0 Å². The summed E-state index contributed by atoms with van der Waals surface area (Å²) in [5, 5.41) is 0. The van der Waals surface area contributed by atoms with Gasteiger partial charge in [-0.05, 0) is 11.5 Å². The van der Waals surface area contributed by atoms with E-state index in [1.807, 2.05) is 18.2 Å². The van der Waals surface area contributed by atoms with Crippen LogP contribution in [0.25, 0.3) is 11.1 Å². The minimum atomic E-state index is 0. The van der Waals surface area contributed by atoms with Gasteiger partial charge in [0.2, 0.25) is 0 Å². The third-order valence-electron chi connectivity index (χ3n) is 2.59. The molecular formula is C15H15BrMg. The summed E-state index contributed by atoms with van der Waals surface area (Å²) in [6.07, 6.45) is 0. The molecule has 0 aliphatic rings. The molecule has 0 heterocycles. The number of benzene rings is 2. The Morgan fingerprint density at radius 2 is 1.71 bits per heavy atom. The van der Waals surface area contributed by atoms with Crippen molar-refractivity contribution in [2.75, 3.05) is 0 Å². The Balaban J connectivity index is 0.00000128. The summed E-state index contributed by atoms with van der Waals surface area (Å²) in [6.45, 7) is 4.44. The average molecular weight is 299 g/mol. The van der Waals surface area contributed by atoms with Crippen molar-refractivity contribution in [3.8, 4) is 11.1 Å². The van der Waals surface area contributed by atoms with Gasteiger partial charge in [0.1, 0.15) is 0 Å². The molecule has 2 heteroatoms. The largest absolute Gasteiger partial charge is 2.00 e. The van der Waals surface area contributed by atoms with E-state index in [0.29, 0.717) is 5.92 Å². The van der Waals surface area contributed by atoms with Gasteiger partial charge in [-0.3, -0.25) is 0 Å². The maximum absolute atomic E-state index is 3.11. The zero-order valence-electron chi connectivity index (χ0n) is 10.3. The molecule has 0 bridgehead atoms. The second-order valence-electron chi connectivity index (χ2n) is 4.07. The average Bonchev–Trinajstić information content (AvgIpc) is 2.30. The monoisotopic (exact) mass is 298 g/mol. The molecule has 2 aromatic carbocycles. The van der Waals surface area contributed by atoms with E-state index in [2.05, 4.69) is 50.2 Å². The number of hydrogen-bond donors (Lipinski definition) is 0. The van der Waals surface area contributed by atoms with E-state index in [0.717, 1.165) is 0 Å². The second kappa shape index (κ2) is 7.91. The molecule has 0 saturated heterocycles. The van der Waals surface area contributed by atoms with Crippen LogP contribution in [0.5, 0.6) is 0 Å². The van der Waals surface area contributed by atoms with Crippen molar-refractivity contribution in [2.24, 2.45) is 0 Å². The third kappa shape index (κ3) is 4.45. The first kappa shape index (κ1) is 16.7. The molecule has 0 spiro atoms. The van der Waals surface area contributed by atoms with Crippen molar-refractivity contribution in [2.45, 2.75) is 19.8 Å². The van der Waals surface area contributed by atoms with Gasteiger partial charge in [-0.25, -0.2) is 0 Å². The predicted molar refractivity (Wildman–Crippen MR) is 70.6 cm³/mol. The van der Waals surface area contributed by atoms with Crippen LogP contribution in [0.3, 0.4) is 0 Å². The minimum Gasteiger partial charge on any atom is -1.00 e. The SMILES string of the molecule is CC(C)c1cccc(-c2c[c-]ccc2)c1.[Br-].[Mg+2]. The molecular weight excluding hydrogens is 284 g/mol. The Bertz CT molecular complexity index is 438. The van der Waals surface area contributed by atoms with Gasteiger partial charge in [0, 0.05) is 0 Å². The van der Waals surface area contributed by atoms with Crippen molar-refractivity contribution < 1.29 is 17.0 Å². The Hall–Kier alpha value is -0.314. The fourth-order valence-corrected chi connectivity index (χ4v) is 1.65. The minimum absolute atomic E-state index is 0. The van der Waals surface area contributed by atoms with Crippen molar-refractivity contribution in [1.29, 1.82) is 0 Å². The van der Waals surface area contributed by atoms with Crippen molar-refractivity contribution in [1.82, 2.24) is 0 Å². The van der Waals surface area contributed by atoms with Crippen LogP contribution < -0.4 is 17.0 Å². The zero-order chi connectivity index (χ0) is 10.7. The summed E-state index contributed by atoms with van der Waals surface area (Å²) in [5.74, 6) is 0.581. The van der Waals surface area contributed by atoms with Gasteiger partial charge in [0.15, 0.2) is 0 Å². The van der Waals surface area contributed by atoms with Crippen LogP contribution in [0.15, 0.2) is 48.5 Å². The quantitative estimate of drug-likeness (QED) is 0.571. The fraction of sp³-hybridized carbons (Fsp3) is 0.200. The van der Waals surface area contributed by atoms with Gasteiger partial charge in [-0.1, -0.05) is 43.7 Å². The van der Waals surface area contributed by atoms with E-state index in [1.165, 1.54) is 16.7 Å². The first-order chi connectivity index (χ1) is 7.27. The van der Waals surface area contributed by atoms with Crippen LogP contribution >= 0.6 is 0 Å². The van der Waals surface area contributed by atoms with Crippen LogP contribution in [-0.2, 0) is 0 Å². The Morgan fingerprint density at radius 1 is 1.00 bits per heavy atom. The molecule has 0 aliphatic heterocycles. The van der Waals surface area contributed by atoms with Crippen LogP contribution in [0.2, 0.25) is 0 Å². The summed E-state index contributed by atoms with van der Waals surface area (Å²) < 4.78 is 0. The molecule has 0 unspecified atom stereocenters. The predicted octanol–water partition coefficient (Wildman–Crippen LogP) is 0.900. The molecule has 2 aromatic rings. The molecule has 2 rings (SSSR count). The van der Waals surface area contributed by atoms with Crippen LogP contribution in [0.4, 0.5) is 0 Å². The number of halogens is 1. The summed E-state index contributed by atoms with van der Waals surface area (Å²) >= 11 is 0. The number of rotatable bonds is 2. The van der Waals surface area contributed by atoms with Gasteiger partial charge in [-0.15, -0.1) is 5.56 Å². The molecule has 0 N–H and O–H groups in total. The summed E-state index contributed by atoms with van der Waals surface area (Å²) in [4.78, 5) is 0. The van der Waals surface area contributed by atoms with Crippen molar-refractivity contribution in [3.63, 3.8) is 0 Å². The third-order valence-corrected chi connectivity index (χ3v) is 2.59. The van der Waals surface area contributed by atoms with E-state index in [4.69, 9.17) is 0 Å². The van der Waals surface area contributed by atoms with Crippen LogP contribution in [-0.4, -0.2) is 23.1 Å². The summed E-state index contributed by atoms with van der Waals surface area (Å²) in [6, 6.07) is 19.9. The Labute approximate surface area is 130 Å². The van der Waals surface area contributed by atoms with Gasteiger partial charge < -0.3 is 17.0 Å². The summed E-state index contributed by atoms with van der Waals surface area (Å²) in [5.41, 5.74) is 3.90. The van der Waals surface area contributed by atoms with E-state index in [-0.39, 0.29) is 40.0 Å². The molecule has 0 aliphatic carbocycles. The molecule has 0 aromatic heterocycles. The van der Waals surface area contributed by atoms with E-state index in [1.54, 1.807) is 0 Å². The molecule has 17 heavy (non-hydrogen) atoms. The maximum Gasteiger partial charge on any atom is 2.00 e. The van der Waals surface area contributed by atoms with Gasteiger partial charge in [-0.2, -0.15) is 30.3 Å². The second-order valence-corrected chi connectivity index (χ2v) is 4.07. The first-order valence-electron chi connectivity index (χ1n) is 5.34. The molecule has 0 nitrogen and oxygen atoms in total. The van der Waals surface area contributed by atoms with E-state index >= 15 is 0 Å². The smallest absolute Gasteiger partial charge is 1.00 e. The molecule has 0 fully saturated rings. The van der Waals surface area contributed by atoms with E-state index < -0.39 is 0 Å². The molecule has 84 valence electrons. The topological polar surface area (TPSA) is 0 Å². The first-order valence-corrected chi connectivity index (χ1v) is 5.34. The van der Waals surface area contributed by atoms with Gasteiger partial charge in [0.25, 0.3) is 0 Å². The molecule has 0 saturated carbocycles. The molecule has 0 atom stereocenters. The standard InChI is InChI=1S/C15H15.BrH.Mg/c1-12(2)14-9-6-10-15(11-14)13-7-4-3-5-8-13;;/h3-4,6-12H,1-2H3;1H;/q-1;;+2/p-1. The maximum atomic E-state index is 3.11. The molecule has 0 amide bonds.